The molecule has 1 aliphatic rings. The molecule has 0 bridgehead atoms. The van der Waals surface area contributed by atoms with Crippen LogP contribution >= 0.6 is 11.6 Å². The van der Waals surface area contributed by atoms with Crippen LogP contribution < -0.4 is 4.74 Å². The lowest BCUT2D eigenvalue weighted by molar-refractivity contribution is -0.147. The van der Waals surface area contributed by atoms with Crippen LogP contribution in [-0.2, 0) is 4.79 Å². The van der Waals surface area contributed by atoms with Gasteiger partial charge in [0.05, 0.1) is 17.5 Å². The lowest BCUT2D eigenvalue weighted by Gasteiger charge is -2.21. The summed E-state index contributed by atoms with van der Waals surface area (Å²) in [6, 6.07) is 4.97. The number of ether oxygens (including phenoxy) is 1. The topological polar surface area (TPSA) is 66.8 Å². The summed E-state index contributed by atoms with van der Waals surface area (Å²) in [5.74, 6) is -0.789. The minimum Gasteiger partial charge on any atom is -0.496 e. The van der Waals surface area contributed by atoms with Gasteiger partial charge in [-0.05, 0) is 25.5 Å². The maximum atomic E-state index is 12.5. The Kier molecular flexibility index (Phi) is 3.90. The highest BCUT2D eigenvalue weighted by Gasteiger charge is 2.42. The van der Waals surface area contributed by atoms with E-state index in [4.69, 9.17) is 16.3 Å². The Labute approximate surface area is 122 Å². The quantitative estimate of drug-likeness (QED) is 0.929. The number of benzene rings is 1. The van der Waals surface area contributed by atoms with Crippen molar-refractivity contribution in [3.8, 4) is 5.75 Å². The van der Waals surface area contributed by atoms with Crippen molar-refractivity contribution in [1.82, 2.24) is 4.90 Å². The van der Waals surface area contributed by atoms with Gasteiger partial charge in [0.25, 0.3) is 5.91 Å². The van der Waals surface area contributed by atoms with Gasteiger partial charge in [0.15, 0.2) is 0 Å². The smallest absolute Gasteiger partial charge is 0.311 e. The van der Waals surface area contributed by atoms with Crippen LogP contribution in [0, 0.1) is 5.41 Å². The summed E-state index contributed by atoms with van der Waals surface area (Å²) in [6.45, 7) is 2.22. The van der Waals surface area contributed by atoms with Crippen LogP contribution in [0.2, 0.25) is 5.02 Å². The van der Waals surface area contributed by atoms with Crippen molar-refractivity contribution < 1.29 is 19.4 Å². The van der Waals surface area contributed by atoms with Gasteiger partial charge in [0.2, 0.25) is 0 Å². The second-order valence-electron chi connectivity index (χ2n) is 5.16. The minimum absolute atomic E-state index is 0.176. The molecule has 108 valence electrons. The van der Waals surface area contributed by atoms with Crippen molar-refractivity contribution in [2.75, 3.05) is 20.2 Å². The number of aliphatic carboxylic acids is 1. The fraction of sp³-hybridized carbons (Fsp3) is 0.429. The molecule has 0 aromatic heterocycles. The van der Waals surface area contributed by atoms with E-state index in [-0.39, 0.29) is 18.0 Å². The van der Waals surface area contributed by atoms with Crippen molar-refractivity contribution in [2.45, 2.75) is 13.3 Å². The van der Waals surface area contributed by atoms with E-state index >= 15 is 0 Å². The molecule has 1 unspecified atom stereocenters. The summed E-state index contributed by atoms with van der Waals surface area (Å²) >= 11 is 6.07. The van der Waals surface area contributed by atoms with Crippen LogP contribution in [0.5, 0.6) is 5.75 Å². The molecule has 0 spiro atoms. The maximum Gasteiger partial charge on any atom is 0.311 e. The molecule has 1 aliphatic heterocycles. The van der Waals surface area contributed by atoms with E-state index < -0.39 is 11.4 Å². The van der Waals surface area contributed by atoms with Gasteiger partial charge in [-0.2, -0.15) is 0 Å². The number of carboxylic acid groups (broad SMARTS) is 1. The maximum absolute atomic E-state index is 12.5. The number of nitrogens with zero attached hydrogens (tertiary/aromatic N) is 1. The van der Waals surface area contributed by atoms with Crippen LogP contribution in [0.1, 0.15) is 23.7 Å². The summed E-state index contributed by atoms with van der Waals surface area (Å²) in [6.07, 6.45) is 0.431. The summed E-state index contributed by atoms with van der Waals surface area (Å²) in [4.78, 5) is 25.3. The predicted octanol–water partition coefficient (Wildman–Crippen LogP) is 2.29. The van der Waals surface area contributed by atoms with Gasteiger partial charge in [-0.25, -0.2) is 0 Å². The Morgan fingerprint density at radius 2 is 2.15 bits per heavy atom. The Morgan fingerprint density at radius 1 is 1.45 bits per heavy atom. The molecule has 1 saturated heterocycles. The first-order valence-corrected chi connectivity index (χ1v) is 6.62. The number of rotatable bonds is 3. The molecule has 1 atom stereocenters. The van der Waals surface area contributed by atoms with E-state index in [0.29, 0.717) is 23.7 Å². The van der Waals surface area contributed by atoms with Crippen molar-refractivity contribution in [3.63, 3.8) is 0 Å². The summed E-state index contributed by atoms with van der Waals surface area (Å²) in [5, 5.41) is 9.51. The molecule has 1 heterocycles. The molecule has 1 amide bonds. The monoisotopic (exact) mass is 297 g/mol. The number of methoxy groups -OCH3 is 1. The van der Waals surface area contributed by atoms with Crippen molar-refractivity contribution in [1.29, 1.82) is 0 Å². The number of carbonyl (C=O) groups is 2. The van der Waals surface area contributed by atoms with E-state index in [1.807, 2.05) is 0 Å². The summed E-state index contributed by atoms with van der Waals surface area (Å²) in [5.41, 5.74) is -0.615. The van der Waals surface area contributed by atoms with E-state index in [1.165, 1.54) is 12.0 Å². The number of carbonyl (C=O) groups excluding carboxylic acids is 1. The molecule has 2 rings (SSSR count). The predicted molar refractivity (Wildman–Crippen MR) is 74.3 cm³/mol. The number of hydrogen-bond acceptors (Lipinski definition) is 3. The molecule has 0 radical (unpaired) electrons. The van der Waals surface area contributed by atoms with Crippen molar-refractivity contribution in [3.05, 3.63) is 28.8 Å². The average molecular weight is 298 g/mol. The van der Waals surface area contributed by atoms with Crippen LogP contribution in [0.25, 0.3) is 0 Å². The molecule has 1 aromatic carbocycles. The Bertz CT molecular complexity index is 560. The first kappa shape index (κ1) is 14.7. The van der Waals surface area contributed by atoms with Gasteiger partial charge < -0.3 is 14.7 Å². The van der Waals surface area contributed by atoms with E-state index in [1.54, 1.807) is 25.1 Å². The SMILES string of the molecule is COc1cccc(Cl)c1C(=O)N1CCC(C)(C(=O)O)C1. The lowest BCUT2D eigenvalue weighted by atomic mass is 9.90. The Balaban J connectivity index is 2.28. The highest BCUT2D eigenvalue weighted by atomic mass is 35.5. The number of likely N-dealkylation sites (tertiary alicyclic amines) is 1. The molecular formula is C14H16ClNO4. The van der Waals surface area contributed by atoms with Gasteiger partial charge in [-0.3, -0.25) is 9.59 Å². The van der Waals surface area contributed by atoms with Gasteiger partial charge in [0.1, 0.15) is 11.3 Å². The number of halogens is 1. The molecule has 6 heteroatoms. The van der Waals surface area contributed by atoms with Crippen LogP contribution in [0.4, 0.5) is 0 Å². The average Bonchev–Trinajstić information content (AvgIpc) is 2.82. The second kappa shape index (κ2) is 5.32. The van der Waals surface area contributed by atoms with Crippen LogP contribution in [0.15, 0.2) is 18.2 Å². The van der Waals surface area contributed by atoms with Gasteiger partial charge in [-0.1, -0.05) is 17.7 Å². The highest BCUT2D eigenvalue weighted by Crippen LogP contribution is 2.34. The molecule has 1 aromatic rings. The van der Waals surface area contributed by atoms with E-state index in [9.17, 15) is 14.7 Å². The number of hydrogen-bond donors (Lipinski definition) is 1. The number of carboxylic acids is 1. The molecule has 0 aliphatic carbocycles. The minimum atomic E-state index is -0.899. The zero-order valence-corrected chi connectivity index (χ0v) is 12.1. The zero-order valence-electron chi connectivity index (χ0n) is 11.4. The molecule has 5 nitrogen and oxygen atoms in total. The molecule has 0 saturated carbocycles. The Morgan fingerprint density at radius 3 is 2.70 bits per heavy atom. The largest absolute Gasteiger partial charge is 0.496 e. The summed E-state index contributed by atoms with van der Waals surface area (Å²) < 4.78 is 5.16. The van der Waals surface area contributed by atoms with Crippen LogP contribution in [0.3, 0.4) is 0 Å². The fourth-order valence-electron chi connectivity index (χ4n) is 2.35. The molecule has 1 N–H and O–H groups in total. The standard InChI is InChI=1S/C14H16ClNO4/c1-14(13(18)19)6-7-16(8-14)12(17)11-9(15)4-3-5-10(11)20-2/h3-5H,6-8H2,1-2H3,(H,18,19). The third-order valence-electron chi connectivity index (χ3n) is 3.69. The first-order valence-electron chi connectivity index (χ1n) is 6.24. The molecule has 1 fully saturated rings. The van der Waals surface area contributed by atoms with Gasteiger partial charge in [0, 0.05) is 13.1 Å². The van der Waals surface area contributed by atoms with Gasteiger partial charge >= 0.3 is 5.97 Å². The van der Waals surface area contributed by atoms with Crippen molar-refractivity contribution in [2.24, 2.45) is 5.41 Å². The Hall–Kier alpha value is -1.75. The van der Waals surface area contributed by atoms with Crippen LogP contribution in [-0.4, -0.2) is 42.1 Å². The molecular weight excluding hydrogens is 282 g/mol. The van der Waals surface area contributed by atoms with Crippen molar-refractivity contribution >= 4 is 23.5 Å². The third-order valence-corrected chi connectivity index (χ3v) is 4.00. The van der Waals surface area contributed by atoms with E-state index in [0.717, 1.165) is 0 Å². The first-order chi connectivity index (χ1) is 9.39. The zero-order chi connectivity index (χ0) is 14.9. The highest BCUT2D eigenvalue weighted by molar-refractivity contribution is 6.34. The third kappa shape index (κ3) is 2.45. The number of amides is 1. The normalized spacial score (nSPS) is 21.9. The van der Waals surface area contributed by atoms with E-state index in [2.05, 4.69) is 0 Å². The van der Waals surface area contributed by atoms with Gasteiger partial charge in [-0.15, -0.1) is 0 Å². The second-order valence-corrected chi connectivity index (χ2v) is 5.57. The summed E-state index contributed by atoms with van der Waals surface area (Å²) in [7, 11) is 1.47. The fourth-order valence-corrected chi connectivity index (χ4v) is 2.60. The molecule has 20 heavy (non-hydrogen) atoms. The lowest BCUT2D eigenvalue weighted by Crippen LogP contribution is -2.35.